The molecular formula is C15H16ClF3N2O3. The van der Waals surface area contributed by atoms with Crippen LogP contribution in [0.2, 0.25) is 5.02 Å². The first-order chi connectivity index (χ1) is 11.2. The topological polar surface area (TPSA) is 69.6 Å². The molecule has 0 radical (unpaired) electrons. The van der Waals surface area contributed by atoms with Gasteiger partial charge in [-0.1, -0.05) is 29.8 Å². The molecule has 2 rings (SSSR count). The van der Waals surface area contributed by atoms with E-state index >= 15 is 0 Å². The largest absolute Gasteiger partial charge is 0.481 e. The Bertz CT molecular complexity index is 624. The lowest BCUT2D eigenvalue weighted by molar-refractivity contribution is -0.187. The fourth-order valence-corrected chi connectivity index (χ4v) is 2.90. The molecule has 0 saturated carbocycles. The molecule has 1 aliphatic heterocycles. The van der Waals surface area contributed by atoms with Crippen LogP contribution in [-0.4, -0.2) is 47.8 Å². The van der Waals surface area contributed by atoms with Crippen LogP contribution in [0.3, 0.4) is 0 Å². The SMILES string of the molecule is O=C(O)[C@@H]1CN(C(=O)NCCc2ccccc2Cl)C[C@H]1C(F)(F)F. The predicted octanol–water partition coefficient (Wildman–Crippen LogP) is 2.79. The van der Waals surface area contributed by atoms with Gasteiger partial charge in [-0.25, -0.2) is 4.79 Å². The molecule has 132 valence electrons. The molecule has 2 atom stereocenters. The molecule has 5 nitrogen and oxygen atoms in total. The fraction of sp³-hybridized carbons (Fsp3) is 0.467. The molecule has 1 saturated heterocycles. The first kappa shape index (κ1) is 18.4. The lowest BCUT2D eigenvalue weighted by atomic mass is 9.96. The lowest BCUT2D eigenvalue weighted by Crippen LogP contribution is -2.40. The quantitative estimate of drug-likeness (QED) is 0.863. The van der Waals surface area contributed by atoms with Crippen molar-refractivity contribution in [2.45, 2.75) is 12.6 Å². The Kier molecular flexibility index (Phi) is 5.58. The highest BCUT2D eigenvalue weighted by Crippen LogP contribution is 2.37. The second-order valence-corrected chi connectivity index (χ2v) is 5.98. The second kappa shape index (κ2) is 7.29. The van der Waals surface area contributed by atoms with Crippen LogP contribution in [0.1, 0.15) is 5.56 Å². The van der Waals surface area contributed by atoms with E-state index < -0.39 is 43.1 Å². The molecule has 2 N–H and O–H groups in total. The third-order valence-corrected chi connectivity index (χ3v) is 4.34. The average Bonchev–Trinajstić information content (AvgIpc) is 2.95. The van der Waals surface area contributed by atoms with Gasteiger partial charge in [-0.3, -0.25) is 4.79 Å². The Morgan fingerprint density at radius 2 is 1.96 bits per heavy atom. The van der Waals surface area contributed by atoms with Gasteiger partial charge in [0, 0.05) is 24.7 Å². The molecule has 1 aromatic rings. The maximum absolute atomic E-state index is 12.9. The highest BCUT2D eigenvalue weighted by molar-refractivity contribution is 6.31. The number of carbonyl (C=O) groups is 2. The van der Waals surface area contributed by atoms with Crippen molar-refractivity contribution >= 4 is 23.6 Å². The van der Waals surface area contributed by atoms with Crippen molar-refractivity contribution in [3.05, 3.63) is 34.9 Å². The zero-order chi connectivity index (χ0) is 17.9. The molecule has 0 bridgehead atoms. The summed E-state index contributed by atoms with van der Waals surface area (Å²) in [6.45, 7) is -0.927. The summed E-state index contributed by atoms with van der Waals surface area (Å²) in [5, 5.41) is 12.0. The van der Waals surface area contributed by atoms with Crippen LogP contribution >= 0.6 is 11.6 Å². The fourth-order valence-electron chi connectivity index (χ4n) is 2.67. The van der Waals surface area contributed by atoms with Crippen LogP contribution < -0.4 is 5.32 Å². The van der Waals surface area contributed by atoms with Gasteiger partial charge in [-0.2, -0.15) is 13.2 Å². The van der Waals surface area contributed by atoms with Crippen molar-refractivity contribution in [1.82, 2.24) is 10.2 Å². The molecule has 1 fully saturated rings. The number of carbonyl (C=O) groups excluding carboxylic acids is 1. The van der Waals surface area contributed by atoms with Gasteiger partial charge in [0.2, 0.25) is 0 Å². The van der Waals surface area contributed by atoms with E-state index in [1.807, 2.05) is 0 Å². The first-order valence-electron chi connectivity index (χ1n) is 7.26. The average molecular weight is 365 g/mol. The molecule has 2 amide bonds. The highest BCUT2D eigenvalue weighted by Gasteiger charge is 2.53. The Labute approximate surface area is 141 Å². The number of aliphatic carboxylic acids is 1. The minimum Gasteiger partial charge on any atom is -0.481 e. The molecule has 0 aromatic heterocycles. The summed E-state index contributed by atoms with van der Waals surface area (Å²) >= 11 is 5.98. The third-order valence-electron chi connectivity index (χ3n) is 3.97. The van der Waals surface area contributed by atoms with E-state index in [9.17, 15) is 22.8 Å². The van der Waals surface area contributed by atoms with Gasteiger partial charge in [0.05, 0.1) is 11.8 Å². The minimum atomic E-state index is -4.66. The van der Waals surface area contributed by atoms with Crippen molar-refractivity contribution in [2.75, 3.05) is 19.6 Å². The number of amides is 2. The summed E-state index contributed by atoms with van der Waals surface area (Å²) in [5.74, 6) is -5.24. The van der Waals surface area contributed by atoms with Crippen LogP contribution in [-0.2, 0) is 11.2 Å². The number of rotatable bonds is 4. The number of alkyl halides is 3. The van der Waals surface area contributed by atoms with Crippen LogP contribution in [0.15, 0.2) is 24.3 Å². The molecule has 9 heteroatoms. The van der Waals surface area contributed by atoms with Gasteiger partial charge < -0.3 is 15.3 Å². The number of hydrogen-bond donors (Lipinski definition) is 2. The number of benzene rings is 1. The Hall–Kier alpha value is -1.96. The van der Waals surface area contributed by atoms with Gasteiger partial charge >= 0.3 is 18.2 Å². The van der Waals surface area contributed by atoms with Gasteiger partial charge in [0.25, 0.3) is 0 Å². The van der Waals surface area contributed by atoms with Crippen molar-refractivity contribution in [3.8, 4) is 0 Å². The lowest BCUT2D eigenvalue weighted by Gasteiger charge is -2.18. The van der Waals surface area contributed by atoms with Gasteiger partial charge in [0.15, 0.2) is 0 Å². The third kappa shape index (κ3) is 4.31. The second-order valence-electron chi connectivity index (χ2n) is 5.57. The predicted molar refractivity (Wildman–Crippen MR) is 80.8 cm³/mol. The maximum Gasteiger partial charge on any atom is 0.394 e. The summed E-state index contributed by atoms with van der Waals surface area (Å²) in [7, 11) is 0. The van der Waals surface area contributed by atoms with E-state index in [1.54, 1.807) is 24.3 Å². The highest BCUT2D eigenvalue weighted by atomic mass is 35.5. The number of likely N-dealkylation sites (tertiary alicyclic amines) is 1. The van der Waals surface area contributed by atoms with Crippen molar-refractivity contribution in [3.63, 3.8) is 0 Å². The van der Waals surface area contributed by atoms with Crippen LogP contribution in [0.25, 0.3) is 0 Å². The van der Waals surface area contributed by atoms with E-state index in [1.165, 1.54) is 0 Å². The normalized spacial score (nSPS) is 20.9. The number of carboxylic acids is 1. The summed E-state index contributed by atoms with van der Waals surface area (Å²) in [6, 6.07) is 6.32. The smallest absolute Gasteiger partial charge is 0.394 e. The van der Waals surface area contributed by atoms with Crippen LogP contribution in [0, 0.1) is 11.8 Å². The molecule has 0 unspecified atom stereocenters. The molecule has 0 aliphatic carbocycles. The van der Waals surface area contributed by atoms with Crippen LogP contribution in [0.4, 0.5) is 18.0 Å². The molecular weight excluding hydrogens is 349 g/mol. The summed E-state index contributed by atoms with van der Waals surface area (Å²) in [4.78, 5) is 23.9. The van der Waals surface area contributed by atoms with Gasteiger partial charge in [-0.15, -0.1) is 0 Å². The monoisotopic (exact) mass is 364 g/mol. The Morgan fingerprint density at radius 3 is 2.50 bits per heavy atom. The van der Waals surface area contributed by atoms with Crippen molar-refractivity contribution < 1.29 is 27.9 Å². The zero-order valence-corrected chi connectivity index (χ0v) is 13.3. The number of nitrogens with one attached hydrogen (secondary N) is 1. The van der Waals surface area contributed by atoms with Crippen LogP contribution in [0.5, 0.6) is 0 Å². The van der Waals surface area contributed by atoms with E-state index in [0.29, 0.717) is 11.4 Å². The van der Waals surface area contributed by atoms with E-state index in [4.69, 9.17) is 16.7 Å². The molecule has 24 heavy (non-hydrogen) atoms. The number of carboxylic acid groups (broad SMARTS) is 1. The number of nitrogens with zero attached hydrogens (tertiary/aromatic N) is 1. The number of halogens is 4. The standard InChI is InChI=1S/C15H16ClF3N2O3/c16-12-4-2-1-3-9(12)5-6-20-14(24)21-7-10(13(22)23)11(8-21)15(17,18)19/h1-4,10-11H,5-8H2,(H,20,24)(H,22,23)/t10-,11-/m1/s1. The minimum absolute atomic E-state index is 0.188. The van der Waals surface area contributed by atoms with Gasteiger partial charge in [0.1, 0.15) is 0 Å². The Balaban J connectivity index is 1.91. The van der Waals surface area contributed by atoms with E-state index in [0.717, 1.165) is 10.5 Å². The molecule has 1 heterocycles. The van der Waals surface area contributed by atoms with E-state index in [2.05, 4.69) is 5.32 Å². The zero-order valence-electron chi connectivity index (χ0n) is 12.5. The molecule has 1 aliphatic rings. The molecule has 1 aromatic carbocycles. The van der Waals surface area contributed by atoms with Gasteiger partial charge in [-0.05, 0) is 18.1 Å². The molecule has 0 spiro atoms. The van der Waals surface area contributed by atoms with E-state index in [-0.39, 0.29) is 6.54 Å². The summed E-state index contributed by atoms with van der Waals surface area (Å²) in [5.41, 5.74) is 0.803. The summed E-state index contributed by atoms with van der Waals surface area (Å²) in [6.07, 6.45) is -4.24. The van der Waals surface area contributed by atoms with Crippen molar-refractivity contribution in [1.29, 1.82) is 0 Å². The summed E-state index contributed by atoms with van der Waals surface area (Å²) < 4.78 is 38.7. The number of urea groups is 1. The number of hydrogen-bond acceptors (Lipinski definition) is 2. The van der Waals surface area contributed by atoms with Crippen molar-refractivity contribution in [2.24, 2.45) is 11.8 Å². The first-order valence-corrected chi connectivity index (χ1v) is 7.63. The maximum atomic E-state index is 12.9. The Morgan fingerprint density at radius 1 is 1.29 bits per heavy atom.